The van der Waals surface area contributed by atoms with Crippen LogP contribution in [0.1, 0.15) is 20.8 Å². The SMILES string of the molecule is COc1ccc(CN2CCN(C(=O)c3cc(COc4ccccc4Cl)cs3)CC2)cc1. The van der Waals surface area contributed by atoms with Crippen LogP contribution < -0.4 is 9.47 Å². The molecule has 1 aliphatic rings. The number of benzene rings is 2. The van der Waals surface area contributed by atoms with E-state index in [1.54, 1.807) is 13.2 Å². The van der Waals surface area contributed by atoms with E-state index in [0.29, 0.717) is 17.4 Å². The van der Waals surface area contributed by atoms with Gasteiger partial charge in [0.2, 0.25) is 0 Å². The summed E-state index contributed by atoms with van der Waals surface area (Å²) < 4.78 is 11.0. The predicted octanol–water partition coefficient (Wildman–Crippen LogP) is 4.95. The Kier molecular flexibility index (Phi) is 7.12. The molecule has 1 aromatic heterocycles. The average molecular weight is 457 g/mol. The Morgan fingerprint density at radius 3 is 2.48 bits per heavy atom. The number of ether oxygens (including phenoxy) is 2. The van der Waals surface area contributed by atoms with Crippen LogP contribution in [0.5, 0.6) is 11.5 Å². The van der Waals surface area contributed by atoms with Gasteiger partial charge in [-0.05, 0) is 41.3 Å². The van der Waals surface area contributed by atoms with Crippen molar-refractivity contribution in [1.29, 1.82) is 0 Å². The maximum Gasteiger partial charge on any atom is 0.264 e. The Bertz CT molecular complexity index is 1010. The molecule has 0 spiro atoms. The van der Waals surface area contributed by atoms with E-state index in [1.165, 1.54) is 16.9 Å². The standard InChI is InChI=1S/C24H25ClN2O3S/c1-29-20-8-6-18(7-9-20)15-26-10-12-27(13-11-26)24(28)23-14-19(17-31-23)16-30-22-5-3-2-4-21(22)25/h2-9,14,17H,10-13,15-16H2,1H3. The molecular formula is C24H25ClN2O3S. The van der Waals surface area contributed by atoms with Crippen LogP contribution >= 0.6 is 22.9 Å². The summed E-state index contributed by atoms with van der Waals surface area (Å²) >= 11 is 7.60. The summed E-state index contributed by atoms with van der Waals surface area (Å²) in [4.78, 5) is 18.0. The maximum absolute atomic E-state index is 12.9. The van der Waals surface area contributed by atoms with Crippen molar-refractivity contribution < 1.29 is 14.3 Å². The molecule has 3 aromatic rings. The topological polar surface area (TPSA) is 42.0 Å². The summed E-state index contributed by atoms with van der Waals surface area (Å²) in [5.74, 6) is 1.61. The molecule has 0 bridgehead atoms. The van der Waals surface area contributed by atoms with Crippen LogP contribution in [0.15, 0.2) is 60.0 Å². The van der Waals surface area contributed by atoms with Crippen molar-refractivity contribution in [2.45, 2.75) is 13.2 Å². The van der Waals surface area contributed by atoms with Gasteiger partial charge in [0.05, 0.1) is 17.0 Å². The molecule has 0 aliphatic carbocycles. The second-order valence-corrected chi connectivity index (χ2v) is 8.77. The number of piperazine rings is 1. The molecule has 0 atom stereocenters. The number of methoxy groups -OCH3 is 1. The van der Waals surface area contributed by atoms with E-state index in [4.69, 9.17) is 21.1 Å². The van der Waals surface area contributed by atoms with Gasteiger partial charge in [-0.1, -0.05) is 35.9 Å². The highest BCUT2D eigenvalue weighted by atomic mass is 35.5. The fourth-order valence-corrected chi connectivity index (χ4v) is 4.59. The summed E-state index contributed by atoms with van der Waals surface area (Å²) in [5, 5.41) is 2.56. The summed E-state index contributed by atoms with van der Waals surface area (Å²) in [6, 6.07) is 17.5. The smallest absolute Gasteiger partial charge is 0.264 e. The molecule has 0 radical (unpaired) electrons. The van der Waals surface area contributed by atoms with Crippen molar-refractivity contribution in [2.75, 3.05) is 33.3 Å². The lowest BCUT2D eigenvalue weighted by molar-refractivity contribution is 0.0633. The number of hydrogen-bond acceptors (Lipinski definition) is 5. The summed E-state index contributed by atoms with van der Waals surface area (Å²) in [6.07, 6.45) is 0. The van der Waals surface area contributed by atoms with Gasteiger partial charge < -0.3 is 14.4 Å². The van der Waals surface area contributed by atoms with Gasteiger partial charge in [-0.25, -0.2) is 0 Å². The number of hydrogen-bond donors (Lipinski definition) is 0. The molecule has 162 valence electrons. The molecule has 1 fully saturated rings. The third kappa shape index (κ3) is 5.58. The van der Waals surface area contributed by atoms with Crippen LogP contribution in [0.3, 0.4) is 0 Å². The molecule has 4 rings (SSSR count). The molecule has 5 nitrogen and oxygen atoms in total. The van der Waals surface area contributed by atoms with Gasteiger partial charge in [0, 0.05) is 38.3 Å². The quantitative estimate of drug-likeness (QED) is 0.504. The zero-order valence-electron chi connectivity index (χ0n) is 17.4. The fourth-order valence-electron chi connectivity index (χ4n) is 3.54. The molecule has 7 heteroatoms. The van der Waals surface area contributed by atoms with E-state index >= 15 is 0 Å². The van der Waals surface area contributed by atoms with Crippen molar-refractivity contribution in [3.8, 4) is 11.5 Å². The minimum absolute atomic E-state index is 0.0955. The second kappa shape index (κ2) is 10.2. The van der Waals surface area contributed by atoms with Crippen LogP contribution in [-0.2, 0) is 13.2 Å². The number of halogens is 1. The Hall–Kier alpha value is -2.54. The summed E-state index contributed by atoms with van der Waals surface area (Å²) in [6.45, 7) is 4.48. The molecule has 2 heterocycles. The zero-order chi connectivity index (χ0) is 21.6. The van der Waals surface area contributed by atoms with Crippen LogP contribution in [0.2, 0.25) is 5.02 Å². The molecule has 0 saturated carbocycles. The fraction of sp³-hybridized carbons (Fsp3) is 0.292. The molecule has 1 amide bonds. The number of nitrogens with zero attached hydrogens (tertiary/aromatic N) is 2. The van der Waals surface area contributed by atoms with Gasteiger partial charge in [0.25, 0.3) is 5.91 Å². The number of para-hydroxylation sites is 1. The van der Waals surface area contributed by atoms with Crippen LogP contribution in [0.25, 0.3) is 0 Å². The summed E-state index contributed by atoms with van der Waals surface area (Å²) in [5.41, 5.74) is 2.23. The molecule has 31 heavy (non-hydrogen) atoms. The largest absolute Gasteiger partial charge is 0.497 e. The third-order valence-electron chi connectivity index (χ3n) is 5.32. The number of rotatable bonds is 7. The number of amides is 1. The van der Waals surface area contributed by atoms with Gasteiger partial charge in [0.1, 0.15) is 18.1 Å². The molecule has 1 aliphatic heterocycles. The first-order valence-electron chi connectivity index (χ1n) is 10.2. The normalized spacial score (nSPS) is 14.5. The van der Waals surface area contributed by atoms with Crippen molar-refractivity contribution in [3.05, 3.63) is 81.0 Å². The molecule has 0 N–H and O–H groups in total. The molecule has 1 saturated heterocycles. The number of carbonyl (C=O) groups excluding carboxylic acids is 1. The van der Waals surface area contributed by atoms with Gasteiger partial charge in [-0.15, -0.1) is 11.3 Å². The predicted molar refractivity (Wildman–Crippen MR) is 124 cm³/mol. The third-order valence-corrected chi connectivity index (χ3v) is 6.60. The highest BCUT2D eigenvalue weighted by Crippen LogP contribution is 2.25. The first-order chi connectivity index (χ1) is 15.1. The van der Waals surface area contributed by atoms with Crippen molar-refractivity contribution >= 4 is 28.8 Å². The minimum atomic E-state index is 0.0955. The Morgan fingerprint density at radius 2 is 1.77 bits per heavy atom. The lowest BCUT2D eigenvalue weighted by atomic mass is 10.2. The van der Waals surface area contributed by atoms with E-state index < -0.39 is 0 Å². The Labute approximate surface area is 191 Å². The lowest BCUT2D eigenvalue weighted by Crippen LogP contribution is -2.48. The number of thiophene rings is 1. The van der Waals surface area contributed by atoms with Gasteiger partial charge >= 0.3 is 0 Å². The van der Waals surface area contributed by atoms with E-state index in [0.717, 1.165) is 48.9 Å². The highest BCUT2D eigenvalue weighted by Gasteiger charge is 2.23. The van der Waals surface area contributed by atoms with E-state index in [9.17, 15) is 4.79 Å². The molecule has 2 aromatic carbocycles. The highest BCUT2D eigenvalue weighted by molar-refractivity contribution is 7.12. The van der Waals surface area contributed by atoms with Crippen LogP contribution in [0.4, 0.5) is 0 Å². The Balaban J connectivity index is 1.27. The first kappa shape index (κ1) is 21.7. The Morgan fingerprint density at radius 1 is 1.03 bits per heavy atom. The van der Waals surface area contributed by atoms with E-state index in [2.05, 4.69) is 17.0 Å². The molecule has 0 unspecified atom stereocenters. The maximum atomic E-state index is 12.9. The monoisotopic (exact) mass is 456 g/mol. The molecular weight excluding hydrogens is 432 g/mol. The van der Waals surface area contributed by atoms with Crippen molar-refractivity contribution in [2.24, 2.45) is 0 Å². The van der Waals surface area contributed by atoms with Crippen molar-refractivity contribution in [3.63, 3.8) is 0 Å². The van der Waals surface area contributed by atoms with Gasteiger partial charge in [-0.2, -0.15) is 0 Å². The average Bonchev–Trinajstić information content (AvgIpc) is 3.28. The zero-order valence-corrected chi connectivity index (χ0v) is 19.0. The first-order valence-corrected chi connectivity index (χ1v) is 11.5. The van der Waals surface area contributed by atoms with E-state index in [-0.39, 0.29) is 5.91 Å². The van der Waals surface area contributed by atoms with Crippen LogP contribution in [0, 0.1) is 0 Å². The van der Waals surface area contributed by atoms with Crippen molar-refractivity contribution in [1.82, 2.24) is 9.80 Å². The number of carbonyl (C=O) groups is 1. The van der Waals surface area contributed by atoms with Gasteiger partial charge in [-0.3, -0.25) is 9.69 Å². The minimum Gasteiger partial charge on any atom is -0.497 e. The van der Waals surface area contributed by atoms with E-state index in [1.807, 2.05) is 46.7 Å². The van der Waals surface area contributed by atoms with Gasteiger partial charge in [0.15, 0.2) is 0 Å². The van der Waals surface area contributed by atoms with Crippen LogP contribution in [-0.4, -0.2) is 49.0 Å². The summed E-state index contributed by atoms with van der Waals surface area (Å²) in [7, 11) is 1.67. The lowest BCUT2D eigenvalue weighted by Gasteiger charge is -2.34. The second-order valence-electron chi connectivity index (χ2n) is 7.45.